The van der Waals surface area contributed by atoms with Crippen LogP contribution in [0.2, 0.25) is 0 Å². The van der Waals surface area contributed by atoms with E-state index >= 15 is 0 Å². The van der Waals surface area contributed by atoms with Gasteiger partial charge in [-0.3, -0.25) is 4.79 Å². The van der Waals surface area contributed by atoms with Gasteiger partial charge in [-0.15, -0.1) is 11.6 Å². The Morgan fingerprint density at radius 2 is 2.35 bits per heavy atom. The molecule has 1 rings (SSSR count). The maximum Gasteiger partial charge on any atom is 0.235 e. The average Bonchev–Trinajstić information content (AvgIpc) is 2.54. The molecule has 2 unspecified atom stereocenters. The van der Waals surface area contributed by atoms with Crippen molar-refractivity contribution in [2.45, 2.75) is 25.5 Å². The number of nitrogens with one attached hydrogen (secondary N) is 1. The largest absolute Gasteiger partial charge is 0.373 e. The van der Waals surface area contributed by atoms with Crippen LogP contribution < -0.4 is 5.32 Å². The van der Waals surface area contributed by atoms with E-state index in [1.807, 2.05) is 37.3 Å². The molecule has 3 nitrogen and oxygen atoms in total. The molecule has 0 saturated carbocycles. The van der Waals surface area contributed by atoms with E-state index in [-0.39, 0.29) is 23.9 Å². The number of ether oxygens (including phenoxy) is 1. The summed E-state index contributed by atoms with van der Waals surface area (Å²) in [7, 11) is 1.67. The van der Waals surface area contributed by atoms with Crippen LogP contribution in [0.5, 0.6) is 0 Å². The molecule has 0 spiro atoms. The zero-order valence-electron chi connectivity index (χ0n) is 10.2. The monoisotopic (exact) mass is 255 g/mol. The third-order valence-corrected chi connectivity index (χ3v) is 2.70. The van der Waals surface area contributed by atoms with E-state index in [9.17, 15) is 4.79 Å². The average molecular weight is 256 g/mol. The fourth-order valence-electron chi connectivity index (χ4n) is 1.64. The van der Waals surface area contributed by atoms with Crippen molar-refractivity contribution >= 4 is 17.5 Å². The van der Waals surface area contributed by atoms with Gasteiger partial charge in [-0.1, -0.05) is 30.4 Å². The Hall–Kier alpha value is -1.06. The molecule has 2 atom stereocenters. The third kappa shape index (κ3) is 5.20. The Labute approximate surface area is 107 Å². The lowest BCUT2D eigenvalue weighted by Crippen LogP contribution is -2.33. The summed E-state index contributed by atoms with van der Waals surface area (Å²) in [6.07, 6.45) is 10.8. The highest BCUT2D eigenvalue weighted by Gasteiger charge is 2.08. The summed E-state index contributed by atoms with van der Waals surface area (Å²) >= 11 is 5.43. The van der Waals surface area contributed by atoms with E-state index in [0.717, 1.165) is 12.0 Å². The Bertz CT molecular complexity index is 347. The molecule has 0 heterocycles. The summed E-state index contributed by atoms with van der Waals surface area (Å²) in [6.45, 7) is 1.96. The predicted octanol–water partition coefficient (Wildman–Crippen LogP) is 2.19. The number of halogens is 1. The summed E-state index contributed by atoms with van der Waals surface area (Å²) in [5.41, 5.74) is 1.16. The van der Waals surface area contributed by atoms with Gasteiger partial charge >= 0.3 is 0 Å². The van der Waals surface area contributed by atoms with Gasteiger partial charge in [0.05, 0.1) is 6.10 Å². The summed E-state index contributed by atoms with van der Waals surface area (Å²) in [5.74, 6) is -0.132. The Balaban J connectivity index is 2.49. The summed E-state index contributed by atoms with van der Waals surface area (Å²) in [6, 6.07) is 0.0737. The van der Waals surface area contributed by atoms with Gasteiger partial charge in [0.25, 0.3) is 0 Å². The van der Waals surface area contributed by atoms with Gasteiger partial charge in [0.15, 0.2) is 0 Å². The summed E-state index contributed by atoms with van der Waals surface area (Å²) in [5, 5.41) is 2.82. The number of carbonyl (C=O) groups excluding carboxylic acids is 1. The van der Waals surface area contributed by atoms with Gasteiger partial charge in [-0.25, -0.2) is 0 Å². The number of amides is 1. The van der Waals surface area contributed by atoms with Crippen molar-refractivity contribution in [2.75, 3.05) is 13.0 Å². The number of alkyl halides is 1. The molecule has 0 saturated heterocycles. The number of carbonyl (C=O) groups is 1. The maximum atomic E-state index is 11.1. The first-order valence-electron chi connectivity index (χ1n) is 5.59. The first kappa shape index (κ1) is 14.0. The Morgan fingerprint density at radius 1 is 1.59 bits per heavy atom. The molecular formula is C13H18ClNO2. The lowest BCUT2D eigenvalue weighted by molar-refractivity contribution is -0.119. The van der Waals surface area contributed by atoms with Crippen molar-refractivity contribution in [2.24, 2.45) is 0 Å². The second-order valence-corrected chi connectivity index (χ2v) is 4.26. The minimum Gasteiger partial charge on any atom is -0.373 e. The van der Waals surface area contributed by atoms with Crippen LogP contribution in [0.1, 0.15) is 13.3 Å². The fraction of sp³-hybridized carbons (Fsp3) is 0.462. The molecule has 0 aromatic carbocycles. The van der Waals surface area contributed by atoms with Crippen LogP contribution in [0, 0.1) is 0 Å². The van der Waals surface area contributed by atoms with Crippen LogP contribution in [-0.2, 0) is 9.53 Å². The summed E-state index contributed by atoms with van der Waals surface area (Å²) in [4.78, 5) is 11.1. The van der Waals surface area contributed by atoms with E-state index in [1.165, 1.54) is 0 Å². The van der Waals surface area contributed by atoms with Crippen LogP contribution in [0.3, 0.4) is 0 Å². The third-order valence-electron chi connectivity index (χ3n) is 2.45. The smallest absolute Gasteiger partial charge is 0.235 e. The van der Waals surface area contributed by atoms with Crippen LogP contribution in [0.4, 0.5) is 0 Å². The Kier molecular flexibility index (Phi) is 6.01. The second-order valence-electron chi connectivity index (χ2n) is 3.99. The van der Waals surface area contributed by atoms with Gasteiger partial charge in [0, 0.05) is 13.2 Å². The van der Waals surface area contributed by atoms with Gasteiger partial charge in [-0.2, -0.15) is 0 Å². The lowest BCUT2D eigenvalue weighted by Gasteiger charge is -2.13. The summed E-state index contributed by atoms with van der Waals surface area (Å²) < 4.78 is 5.21. The van der Waals surface area contributed by atoms with E-state index in [2.05, 4.69) is 5.32 Å². The van der Waals surface area contributed by atoms with Crippen LogP contribution in [-0.4, -0.2) is 31.0 Å². The van der Waals surface area contributed by atoms with Gasteiger partial charge in [-0.05, 0) is 18.9 Å². The maximum absolute atomic E-state index is 11.1. The quantitative estimate of drug-likeness (QED) is 0.765. The van der Waals surface area contributed by atoms with Crippen molar-refractivity contribution in [3.05, 3.63) is 36.0 Å². The van der Waals surface area contributed by atoms with E-state index in [1.54, 1.807) is 7.11 Å². The van der Waals surface area contributed by atoms with Crippen molar-refractivity contribution in [3.8, 4) is 0 Å². The molecule has 1 N–H and O–H groups in total. The van der Waals surface area contributed by atoms with Crippen LogP contribution in [0.25, 0.3) is 0 Å². The molecule has 0 bridgehead atoms. The molecule has 0 aromatic rings. The predicted molar refractivity (Wildman–Crippen MR) is 70.1 cm³/mol. The minimum atomic E-state index is -0.136. The molecule has 0 radical (unpaired) electrons. The van der Waals surface area contributed by atoms with E-state index in [0.29, 0.717) is 0 Å². The number of methoxy groups -OCH3 is 1. The number of allylic oxidation sites excluding steroid dienone is 3. The highest BCUT2D eigenvalue weighted by molar-refractivity contribution is 6.27. The van der Waals surface area contributed by atoms with E-state index in [4.69, 9.17) is 16.3 Å². The van der Waals surface area contributed by atoms with Crippen LogP contribution >= 0.6 is 11.6 Å². The number of hydrogen-bond acceptors (Lipinski definition) is 2. The van der Waals surface area contributed by atoms with Crippen molar-refractivity contribution in [3.63, 3.8) is 0 Å². The van der Waals surface area contributed by atoms with Gasteiger partial charge in [0.2, 0.25) is 5.91 Å². The molecule has 0 aromatic heterocycles. The second kappa shape index (κ2) is 7.30. The van der Waals surface area contributed by atoms with Gasteiger partial charge in [0.1, 0.15) is 5.88 Å². The number of rotatable bonds is 5. The fourth-order valence-corrected chi connectivity index (χ4v) is 1.72. The minimum absolute atomic E-state index is 0.00484. The molecule has 17 heavy (non-hydrogen) atoms. The molecule has 1 amide bonds. The standard InChI is InChI=1S/C13H18ClNO2/c1-10(15-13(16)9-14)8-11-4-3-5-12(17-2)7-6-11/h3-7,10,12H,8-9H2,1-2H3,(H,15,16). The SMILES string of the molecule is COC1C=CC=C(CC(C)NC(=O)CCl)C=C1. The highest BCUT2D eigenvalue weighted by atomic mass is 35.5. The first-order chi connectivity index (χ1) is 8.15. The highest BCUT2D eigenvalue weighted by Crippen LogP contribution is 2.12. The molecule has 0 fully saturated rings. The van der Waals surface area contributed by atoms with Crippen molar-refractivity contribution in [1.82, 2.24) is 5.32 Å². The van der Waals surface area contributed by atoms with Gasteiger partial charge < -0.3 is 10.1 Å². The number of hydrogen-bond donors (Lipinski definition) is 1. The molecule has 94 valence electrons. The molecule has 1 aliphatic rings. The topological polar surface area (TPSA) is 38.3 Å². The molecule has 0 aliphatic heterocycles. The zero-order chi connectivity index (χ0) is 12.7. The molecule has 4 heteroatoms. The normalized spacial score (nSPS) is 20.6. The van der Waals surface area contributed by atoms with Crippen LogP contribution in [0.15, 0.2) is 36.0 Å². The van der Waals surface area contributed by atoms with E-state index < -0.39 is 0 Å². The van der Waals surface area contributed by atoms with Crippen molar-refractivity contribution < 1.29 is 9.53 Å². The first-order valence-corrected chi connectivity index (χ1v) is 6.13. The Morgan fingerprint density at radius 3 is 3.00 bits per heavy atom. The van der Waals surface area contributed by atoms with Crippen molar-refractivity contribution in [1.29, 1.82) is 0 Å². The lowest BCUT2D eigenvalue weighted by atomic mass is 10.1. The zero-order valence-corrected chi connectivity index (χ0v) is 10.9. The molecule has 1 aliphatic carbocycles. The molecular weight excluding hydrogens is 238 g/mol.